The first-order valence-electron chi connectivity index (χ1n) is 7.32. The monoisotopic (exact) mass is 263 g/mol. The van der Waals surface area contributed by atoms with Crippen LogP contribution in [0.5, 0.6) is 0 Å². The first-order chi connectivity index (χ1) is 9.24. The van der Waals surface area contributed by atoms with Crippen molar-refractivity contribution in [1.29, 1.82) is 0 Å². The lowest BCUT2D eigenvalue weighted by Gasteiger charge is -2.36. The molecule has 0 bridgehead atoms. The summed E-state index contributed by atoms with van der Waals surface area (Å²) in [5.74, 6) is 0.957. The van der Waals surface area contributed by atoms with E-state index in [0.29, 0.717) is 12.6 Å². The molecule has 0 aromatic carbocycles. The summed E-state index contributed by atoms with van der Waals surface area (Å²) >= 11 is 0. The molecule has 1 aliphatic rings. The Kier molecular flexibility index (Phi) is 5.16. The van der Waals surface area contributed by atoms with Crippen LogP contribution < -0.4 is 10.6 Å². The molecular weight excluding hydrogens is 238 g/mol. The highest BCUT2D eigenvalue weighted by atomic mass is 16.3. The van der Waals surface area contributed by atoms with Gasteiger partial charge in [0.25, 0.3) is 0 Å². The number of aliphatic hydroxyl groups excluding tert-OH is 1. The molecule has 1 saturated carbocycles. The van der Waals surface area contributed by atoms with E-state index >= 15 is 0 Å². The molecule has 4 heteroatoms. The normalized spacial score (nSPS) is 18.3. The number of pyridine rings is 1. The number of anilines is 1. The second-order valence-corrected chi connectivity index (χ2v) is 5.41. The first kappa shape index (κ1) is 14.3. The number of nitrogens with two attached hydrogens (primary N) is 1. The van der Waals surface area contributed by atoms with E-state index in [4.69, 9.17) is 5.73 Å². The predicted octanol–water partition coefficient (Wildman–Crippen LogP) is 2.23. The van der Waals surface area contributed by atoms with Crippen molar-refractivity contribution in [3.05, 3.63) is 23.9 Å². The van der Waals surface area contributed by atoms with Crippen LogP contribution in [0.2, 0.25) is 0 Å². The summed E-state index contributed by atoms with van der Waals surface area (Å²) in [6.07, 6.45) is 8.06. The largest absolute Gasteiger partial charge is 0.395 e. The molecule has 0 unspecified atom stereocenters. The highest BCUT2D eigenvalue weighted by Gasteiger charge is 2.24. The Balaban J connectivity index is 2.27. The van der Waals surface area contributed by atoms with Gasteiger partial charge in [0.1, 0.15) is 5.82 Å². The van der Waals surface area contributed by atoms with Gasteiger partial charge in [-0.3, -0.25) is 0 Å². The number of hydrogen-bond acceptors (Lipinski definition) is 4. The SMILES string of the molecule is C[C@@H](N)c1cccnc1N(CCO)C1CCCCC1. The van der Waals surface area contributed by atoms with Gasteiger partial charge in [0.15, 0.2) is 0 Å². The maximum Gasteiger partial charge on any atom is 0.133 e. The van der Waals surface area contributed by atoms with Crippen molar-refractivity contribution < 1.29 is 5.11 Å². The third kappa shape index (κ3) is 3.45. The standard InChI is InChI=1S/C15H25N3O/c1-12(16)14-8-5-9-17-15(14)18(10-11-19)13-6-3-2-4-7-13/h5,8-9,12-13,19H,2-4,6-7,10-11,16H2,1H3/t12-/m1/s1. The maximum atomic E-state index is 9.36. The van der Waals surface area contributed by atoms with Gasteiger partial charge >= 0.3 is 0 Å². The molecular formula is C15H25N3O. The molecule has 1 heterocycles. The highest BCUT2D eigenvalue weighted by molar-refractivity contribution is 5.49. The third-order valence-corrected chi connectivity index (χ3v) is 3.94. The Morgan fingerprint density at radius 2 is 2.16 bits per heavy atom. The molecule has 1 aromatic heterocycles. The Labute approximate surface area is 115 Å². The van der Waals surface area contributed by atoms with Crippen LogP contribution in [-0.4, -0.2) is 29.3 Å². The molecule has 0 saturated heterocycles. The maximum absolute atomic E-state index is 9.36. The van der Waals surface area contributed by atoms with Crippen molar-refractivity contribution in [1.82, 2.24) is 4.98 Å². The molecule has 0 radical (unpaired) electrons. The topological polar surface area (TPSA) is 62.4 Å². The lowest BCUT2D eigenvalue weighted by molar-refractivity contribution is 0.289. The summed E-state index contributed by atoms with van der Waals surface area (Å²) in [4.78, 5) is 6.79. The molecule has 2 rings (SSSR count). The molecule has 4 nitrogen and oxygen atoms in total. The van der Waals surface area contributed by atoms with Gasteiger partial charge in [-0.05, 0) is 25.8 Å². The minimum atomic E-state index is -0.0338. The summed E-state index contributed by atoms with van der Waals surface area (Å²) in [6.45, 7) is 2.78. The van der Waals surface area contributed by atoms with Gasteiger partial charge in [0.2, 0.25) is 0 Å². The van der Waals surface area contributed by atoms with Crippen LogP contribution in [0.1, 0.15) is 50.6 Å². The van der Waals surface area contributed by atoms with Gasteiger partial charge in [0.05, 0.1) is 6.61 Å². The molecule has 0 amide bonds. The average Bonchev–Trinajstić information content (AvgIpc) is 2.45. The highest BCUT2D eigenvalue weighted by Crippen LogP contribution is 2.29. The second-order valence-electron chi connectivity index (χ2n) is 5.41. The van der Waals surface area contributed by atoms with Gasteiger partial charge in [-0.1, -0.05) is 25.3 Å². The van der Waals surface area contributed by atoms with Crippen molar-refractivity contribution in [2.75, 3.05) is 18.1 Å². The molecule has 3 N–H and O–H groups in total. The molecule has 1 atom stereocenters. The van der Waals surface area contributed by atoms with E-state index in [9.17, 15) is 5.11 Å². The fourth-order valence-electron chi connectivity index (χ4n) is 2.97. The predicted molar refractivity (Wildman–Crippen MR) is 78.1 cm³/mol. The average molecular weight is 263 g/mol. The van der Waals surface area contributed by atoms with Crippen LogP contribution in [-0.2, 0) is 0 Å². The summed E-state index contributed by atoms with van der Waals surface area (Å²) in [5, 5.41) is 9.36. The van der Waals surface area contributed by atoms with Crippen molar-refractivity contribution in [2.24, 2.45) is 5.73 Å². The number of nitrogens with zero attached hydrogens (tertiary/aromatic N) is 2. The number of aromatic nitrogens is 1. The molecule has 1 fully saturated rings. The van der Waals surface area contributed by atoms with Gasteiger partial charge < -0.3 is 15.7 Å². The lowest BCUT2D eigenvalue weighted by atomic mass is 9.93. The van der Waals surface area contributed by atoms with Crippen molar-refractivity contribution in [2.45, 2.75) is 51.1 Å². The van der Waals surface area contributed by atoms with E-state index in [2.05, 4.69) is 9.88 Å². The van der Waals surface area contributed by atoms with Crippen LogP contribution in [0.25, 0.3) is 0 Å². The summed E-state index contributed by atoms with van der Waals surface area (Å²) < 4.78 is 0. The fraction of sp³-hybridized carbons (Fsp3) is 0.667. The van der Waals surface area contributed by atoms with E-state index in [1.165, 1.54) is 32.1 Å². The Morgan fingerprint density at radius 3 is 2.79 bits per heavy atom. The minimum Gasteiger partial charge on any atom is -0.395 e. The van der Waals surface area contributed by atoms with E-state index < -0.39 is 0 Å². The van der Waals surface area contributed by atoms with Crippen molar-refractivity contribution >= 4 is 5.82 Å². The zero-order valence-electron chi connectivity index (χ0n) is 11.8. The second kappa shape index (κ2) is 6.87. The fourth-order valence-corrected chi connectivity index (χ4v) is 2.97. The zero-order chi connectivity index (χ0) is 13.7. The zero-order valence-corrected chi connectivity index (χ0v) is 11.8. The molecule has 19 heavy (non-hydrogen) atoms. The summed E-state index contributed by atoms with van der Waals surface area (Å²) in [5.41, 5.74) is 7.12. The van der Waals surface area contributed by atoms with E-state index in [-0.39, 0.29) is 12.6 Å². The van der Waals surface area contributed by atoms with Crippen LogP contribution in [0.4, 0.5) is 5.82 Å². The summed E-state index contributed by atoms with van der Waals surface area (Å²) in [7, 11) is 0. The van der Waals surface area contributed by atoms with Crippen molar-refractivity contribution in [3.8, 4) is 0 Å². The lowest BCUT2D eigenvalue weighted by Crippen LogP contribution is -2.40. The molecule has 1 aliphatic carbocycles. The minimum absolute atomic E-state index is 0.0338. The molecule has 1 aromatic rings. The first-order valence-corrected chi connectivity index (χ1v) is 7.32. The van der Waals surface area contributed by atoms with Crippen LogP contribution in [0, 0.1) is 0 Å². The van der Waals surface area contributed by atoms with Gasteiger partial charge in [-0.25, -0.2) is 4.98 Å². The molecule has 106 valence electrons. The number of rotatable bonds is 5. The van der Waals surface area contributed by atoms with E-state index in [1.807, 2.05) is 25.3 Å². The van der Waals surface area contributed by atoms with Gasteiger partial charge in [-0.2, -0.15) is 0 Å². The Bertz CT molecular complexity index is 389. The molecule has 0 spiro atoms. The Hall–Kier alpha value is -1.13. The van der Waals surface area contributed by atoms with Crippen LogP contribution >= 0.6 is 0 Å². The van der Waals surface area contributed by atoms with Gasteiger partial charge in [-0.15, -0.1) is 0 Å². The van der Waals surface area contributed by atoms with Crippen LogP contribution in [0.3, 0.4) is 0 Å². The number of hydrogen-bond donors (Lipinski definition) is 2. The quantitative estimate of drug-likeness (QED) is 0.855. The van der Waals surface area contributed by atoms with E-state index in [1.54, 1.807) is 0 Å². The summed E-state index contributed by atoms with van der Waals surface area (Å²) in [6, 6.07) is 4.43. The number of aliphatic hydroxyl groups is 1. The van der Waals surface area contributed by atoms with Gasteiger partial charge in [0, 0.05) is 30.4 Å². The van der Waals surface area contributed by atoms with E-state index in [0.717, 1.165) is 11.4 Å². The third-order valence-electron chi connectivity index (χ3n) is 3.94. The Morgan fingerprint density at radius 1 is 1.42 bits per heavy atom. The van der Waals surface area contributed by atoms with Crippen LogP contribution in [0.15, 0.2) is 18.3 Å². The van der Waals surface area contributed by atoms with Crippen molar-refractivity contribution in [3.63, 3.8) is 0 Å². The molecule has 0 aliphatic heterocycles. The smallest absolute Gasteiger partial charge is 0.133 e.